The number of hydrogen-bond donors (Lipinski definition) is 2. The lowest BCUT2D eigenvalue weighted by Gasteiger charge is -2.15. The minimum absolute atomic E-state index is 0.218. The number of amides is 2. The van der Waals surface area contributed by atoms with Crippen LogP contribution in [0.25, 0.3) is 0 Å². The molecule has 32 heavy (non-hydrogen) atoms. The summed E-state index contributed by atoms with van der Waals surface area (Å²) in [6.45, 7) is 4.79. The zero-order valence-electron chi connectivity index (χ0n) is 18.1. The smallest absolute Gasteiger partial charge is 0.291 e. The van der Waals surface area contributed by atoms with Crippen molar-refractivity contribution < 1.29 is 23.5 Å². The zero-order chi connectivity index (χ0) is 23.1. The van der Waals surface area contributed by atoms with E-state index in [0.717, 1.165) is 5.56 Å². The van der Waals surface area contributed by atoms with E-state index >= 15 is 0 Å². The van der Waals surface area contributed by atoms with Crippen molar-refractivity contribution in [1.82, 2.24) is 5.32 Å². The maximum absolute atomic E-state index is 12.7. The summed E-state index contributed by atoms with van der Waals surface area (Å²) in [6, 6.07) is 13.5. The number of carbonyl (C=O) groups excluding carboxylic acids is 2. The molecule has 0 aliphatic heterocycles. The van der Waals surface area contributed by atoms with Crippen molar-refractivity contribution in [3.63, 3.8) is 0 Å². The molecule has 3 aromatic rings. The summed E-state index contributed by atoms with van der Waals surface area (Å²) in [7, 11) is 1.50. The normalized spacial score (nSPS) is 10.7. The third-order valence-electron chi connectivity index (χ3n) is 4.44. The average molecular weight is 457 g/mol. The molecule has 0 saturated carbocycles. The van der Waals surface area contributed by atoms with Crippen molar-refractivity contribution in [3.05, 3.63) is 76.7 Å². The van der Waals surface area contributed by atoms with Gasteiger partial charge >= 0.3 is 0 Å². The van der Waals surface area contributed by atoms with E-state index in [1.54, 1.807) is 42.5 Å². The summed E-state index contributed by atoms with van der Waals surface area (Å²) in [6.07, 6.45) is 1.44. The van der Waals surface area contributed by atoms with Crippen molar-refractivity contribution >= 4 is 29.1 Å². The minimum Gasteiger partial charge on any atom is -0.493 e. The SMILES string of the molecule is COc1cc(C(=O)NCc2cccc(NC(=O)c3ccco3)c2)cc(Cl)c1OCC(C)C. The van der Waals surface area contributed by atoms with E-state index in [1.807, 2.05) is 19.9 Å². The highest BCUT2D eigenvalue weighted by Crippen LogP contribution is 2.36. The van der Waals surface area contributed by atoms with E-state index in [-0.39, 0.29) is 24.1 Å². The molecule has 0 aliphatic rings. The lowest BCUT2D eigenvalue weighted by Crippen LogP contribution is -2.23. The van der Waals surface area contributed by atoms with Gasteiger partial charge in [0.15, 0.2) is 17.3 Å². The lowest BCUT2D eigenvalue weighted by molar-refractivity contribution is 0.0949. The number of ether oxygens (including phenoxy) is 2. The third kappa shape index (κ3) is 6.04. The summed E-state index contributed by atoms with van der Waals surface area (Å²) in [5.41, 5.74) is 1.76. The van der Waals surface area contributed by atoms with Gasteiger partial charge in [-0.15, -0.1) is 0 Å². The molecule has 3 rings (SSSR count). The van der Waals surface area contributed by atoms with Gasteiger partial charge in [0.25, 0.3) is 11.8 Å². The molecular weight excluding hydrogens is 432 g/mol. The van der Waals surface area contributed by atoms with Crippen molar-refractivity contribution in [3.8, 4) is 11.5 Å². The van der Waals surface area contributed by atoms with Gasteiger partial charge in [0.1, 0.15) is 0 Å². The van der Waals surface area contributed by atoms with Crippen LogP contribution in [-0.4, -0.2) is 25.5 Å². The lowest BCUT2D eigenvalue weighted by atomic mass is 10.1. The molecule has 8 heteroatoms. The summed E-state index contributed by atoms with van der Waals surface area (Å²) >= 11 is 6.34. The number of halogens is 1. The van der Waals surface area contributed by atoms with Crippen molar-refractivity contribution in [1.29, 1.82) is 0 Å². The summed E-state index contributed by atoms with van der Waals surface area (Å²) in [4.78, 5) is 24.8. The fourth-order valence-electron chi connectivity index (χ4n) is 2.88. The van der Waals surface area contributed by atoms with Crippen LogP contribution in [0.2, 0.25) is 5.02 Å². The molecule has 0 aliphatic carbocycles. The quantitative estimate of drug-likeness (QED) is 0.464. The predicted molar refractivity (Wildman–Crippen MR) is 123 cm³/mol. The molecule has 0 bridgehead atoms. The maximum Gasteiger partial charge on any atom is 0.291 e. The molecule has 2 N–H and O–H groups in total. The van der Waals surface area contributed by atoms with Gasteiger partial charge in [-0.05, 0) is 47.9 Å². The molecule has 2 amide bonds. The number of hydrogen-bond acceptors (Lipinski definition) is 5. The number of methoxy groups -OCH3 is 1. The van der Waals surface area contributed by atoms with E-state index < -0.39 is 0 Å². The van der Waals surface area contributed by atoms with Gasteiger partial charge in [0.05, 0.1) is 25.0 Å². The Morgan fingerprint density at radius 3 is 2.59 bits per heavy atom. The number of furan rings is 1. The molecule has 168 valence electrons. The Morgan fingerprint density at radius 1 is 1.09 bits per heavy atom. The summed E-state index contributed by atoms with van der Waals surface area (Å²) < 4.78 is 16.2. The highest BCUT2D eigenvalue weighted by molar-refractivity contribution is 6.32. The second kappa shape index (κ2) is 10.7. The average Bonchev–Trinajstić information content (AvgIpc) is 3.31. The van der Waals surface area contributed by atoms with Crippen LogP contribution in [-0.2, 0) is 6.54 Å². The standard InChI is InChI=1S/C24H25ClN2O5/c1-15(2)14-32-22-19(25)11-17(12-21(22)30-3)23(28)26-13-16-6-4-7-18(10-16)27-24(29)20-8-5-9-31-20/h4-12,15H,13-14H2,1-3H3,(H,26,28)(H,27,29). The van der Waals surface area contributed by atoms with Crippen LogP contribution in [0, 0.1) is 5.92 Å². The Kier molecular flexibility index (Phi) is 7.78. The van der Waals surface area contributed by atoms with Crippen LogP contribution < -0.4 is 20.1 Å². The van der Waals surface area contributed by atoms with E-state index in [9.17, 15) is 9.59 Å². The molecule has 0 saturated heterocycles. The highest BCUT2D eigenvalue weighted by Gasteiger charge is 2.16. The molecular formula is C24H25ClN2O5. The Morgan fingerprint density at radius 2 is 1.91 bits per heavy atom. The first-order chi connectivity index (χ1) is 15.4. The number of benzene rings is 2. The van der Waals surface area contributed by atoms with Gasteiger partial charge in [-0.3, -0.25) is 9.59 Å². The first kappa shape index (κ1) is 23.2. The van der Waals surface area contributed by atoms with Crippen molar-refractivity contribution in [2.24, 2.45) is 5.92 Å². The molecule has 2 aromatic carbocycles. The predicted octanol–water partition coefficient (Wildman–Crippen LogP) is 5.16. The van der Waals surface area contributed by atoms with Crippen LogP contribution in [0.15, 0.2) is 59.2 Å². The number of anilines is 1. The van der Waals surface area contributed by atoms with Crippen LogP contribution >= 0.6 is 11.6 Å². The van der Waals surface area contributed by atoms with Crippen LogP contribution in [0.1, 0.15) is 40.3 Å². The molecule has 7 nitrogen and oxygen atoms in total. The molecule has 0 radical (unpaired) electrons. The van der Waals surface area contributed by atoms with Crippen LogP contribution in [0.3, 0.4) is 0 Å². The van der Waals surface area contributed by atoms with E-state index in [2.05, 4.69) is 10.6 Å². The van der Waals surface area contributed by atoms with Gasteiger partial charge in [-0.1, -0.05) is 37.6 Å². The zero-order valence-corrected chi connectivity index (χ0v) is 18.9. The monoisotopic (exact) mass is 456 g/mol. The molecule has 1 heterocycles. The Bertz CT molecular complexity index is 1080. The van der Waals surface area contributed by atoms with Crippen molar-refractivity contribution in [2.45, 2.75) is 20.4 Å². The summed E-state index contributed by atoms with van der Waals surface area (Å²) in [5, 5.41) is 5.91. The fraction of sp³-hybridized carbons (Fsp3) is 0.250. The Labute approximate surface area is 191 Å². The highest BCUT2D eigenvalue weighted by atomic mass is 35.5. The maximum atomic E-state index is 12.7. The summed E-state index contributed by atoms with van der Waals surface area (Å²) in [5.74, 6) is 0.683. The van der Waals surface area contributed by atoms with E-state index in [0.29, 0.717) is 40.3 Å². The fourth-order valence-corrected chi connectivity index (χ4v) is 3.15. The van der Waals surface area contributed by atoms with Gasteiger partial charge in [0.2, 0.25) is 0 Å². The first-order valence-corrected chi connectivity index (χ1v) is 10.5. The number of carbonyl (C=O) groups is 2. The second-order valence-corrected chi connectivity index (χ2v) is 7.92. The number of nitrogens with one attached hydrogen (secondary N) is 2. The van der Waals surface area contributed by atoms with Gasteiger partial charge < -0.3 is 24.5 Å². The van der Waals surface area contributed by atoms with Crippen LogP contribution in [0.5, 0.6) is 11.5 Å². The van der Waals surface area contributed by atoms with E-state index in [4.69, 9.17) is 25.5 Å². The molecule has 0 spiro atoms. The van der Waals surface area contributed by atoms with E-state index in [1.165, 1.54) is 13.4 Å². The Hall–Kier alpha value is -3.45. The van der Waals surface area contributed by atoms with Gasteiger partial charge in [0, 0.05) is 17.8 Å². The van der Waals surface area contributed by atoms with Gasteiger partial charge in [-0.25, -0.2) is 0 Å². The van der Waals surface area contributed by atoms with Crippen molar-refractivity contribution in [2.75, 3.05) is 19.0 Å². The largest absolute Gasteiger partial charge is 0.493 e. The molecule has 1 aromatic heterocycles. The first-order valence-electron chi connectivity index (χ1n) is 10.1. The molecule has 0 atom stereocenters. The molecule has 0 fully saturated rings. The van der Waals surface area contributed by atoms with Gasteiger partial charge in [-0.2, -0.15) is 0 Å². The van der Waals surface area contributed by atoms with Crippen LogP contribution in [0.4, 0.5) is 5.69 Å². The minimum atomic E-state index is -0.349. The Balaban J connectivity index is 1.65. The third-order valence-corrected chi connectivity index (χ3v) is 4.72. The number of rotatable bonds is 9. The molecule has 0 unspecified atom stereocenters. The second-order valence-electron chi connectivity index (χ2n) is 7.51. The topological polar surface area (TPSA) is 89.8 Å².